The van der Waals surface area contributed by atoms with Crippen molar-refractivity contribution in [2.24, 2.45) is 16.8 Å². The molecule has 1 aromatic rings. The Morgan fingerprint density at radius 3 is 3.10 bits per heavy atom. The summed E-state index contributed by atoms with van der Waals surface area (Å²) in [6, 6.07) is 1.30. The molecular weight excluding hydrogens is 274 g/mol. The predicted molar refractivity (Wildman–Crippen MR) is 78.6 cm³/mol. The number of nitro groups is 1. The Morgan fingerprint density at radius 2 is 2.48 bits per heavy atom. The lowest BCUT2D eigenvalue weighted by Crippen LogP contribution is -2.26. The maximum absolute atomic E-state index is 10.8. The fraction of sp³-hybridized carbons (Fsp3) is 0.538. The summed E-state index contributed by atoms with van der Waals surface area (Å²) in [7, 11) is 0. The Hall–Kier alpha value is -2.38. The molecule has 8 heteroatoms. The van der Waals surface area contributed by atoms with Gasteiger partial charge in [-0.25, -0.2) is 4.98 Å². The standard InChI is InChI=1S/C13H19N5O3/c1-2-3-9-4-5-17(8-9)13-11(12(14)16-19)6-10(7-15-13)18(20)21/h6-7,9,19H,2-5,8H2,1H3,(H2,14,16). The molecule has 2 heterocycles. The first kappa shape index (κ1) is 15.0. The topological polar surface area (TPSA) is 118 Å². The Morgan fingerprint density at radius 1 is 1.71 bits per heavy atom. The predicted octanol–water partition coefficient (Wildman–Crippen LogP) is 1.71. The normalized spacial score (nSPS) is 19.0. The Balaban J connectivity index is 2.33. The zero-order valence-corrected chi connectivity index (χ0v) is 11.9. The van der Waals surface area contributed by atoms with Crippen molar-refractivity contribution in [3.8, 4) is 0 Å². The van der Waals surface area contributed by atoms with Crippen molar-refractivity contribution >= 4 is 17.3 Å². The minimum Gasteiger partial charge on any atom is -0.409 e. The summed E-state index contributed by atoms with van der Waals surface area (Å²) in [5.74, 6) is 0.960. The summed E-state index contributed by atoms with van der Waals surface area (Å²) in [6.07, 6.45) is 4.53. The van der Waals surface area contributed by atoms with Gasteiger partial charge in [-0.05, 0) is 18.8 Å². The van der Waals surface area contributed by atoms with E-state index in [9.17, 15) is 10.1 Å². The van der Waals surface area contributed by atoms with E-state index >= 15 is 0 Å². The van der Waals surface area contributed by atoms with Crippen molar-refractivity contribution in [2.75, 3.05) is 18.0 Å². The first-order valence-corrected chi connectivity index (χ1v) is 6.94. The maximum Gasteiger partial charge on any atom is 0.288 e. The summed E-state index contributed by atoms with van der Waals surface area (Å²) in [4.78, 5) is 16.5. The van der Waals surface area contributed by atoms with Crippen LogP contribution in [0.15, 0.2) is 17.4 Å². The molecule has 1 aliphatic rings. The fourth-order valence-corrected chi connectivity index (χ4v) is 2.71. The van der Waals surface area contributed by atoms with Gasteiger partial charge in [0.2, 0.25) is 0 Å². The van der Waals surface area contributed by atoms with Crippen LogP contribution in [0.4, 0.5) is 11.5 Å². The lowest BCUT2D eigenvalue weighted by atomic mass is 10.0. The number of hydrogen-bond donors (Lipinski definition) is 2. The second kappa shape index (κ2) is 6.38. The van der Waals surface area contributed by atoms with E-state index in [1.165, 1.54) is 12.3 Å². The molecule has 1 atom stereocenters. The van der Waals surface area contributed by atoms with E-state index in [2.05, 4.69) is 17.1 Å². The third kappa shape index (κ3) is 3.21. The molecule has 21 heavy (non-hydrogen) atoms. The lowest BCUT2D eigenvalue weighted by molar-refractivity contribution is -0.385. The van der Waals surface area contributed by atoms with E-state index in [1.807, 2.05) is 4.90 Å². The third-order valence-electron chi connectivity index (χ3n) is 3.73. The van der Waals surface area contributed by atoms with Gasteiger partial charge in [0.1, 0.15) is 12.0 Å². The first-order valence-electron chi connectivity index (χ1n) is 6.94. The SMILES string of the molecule is CCCC1CCN(c2ncc([N+](=O)[O-])cc2C(N)=NO)C1. The van der Waals surface area contributed by atoms with Crippen molar-refractivity contribution in [1.29, 1.82) is 0 Å². The van der Waals surface area contributed by atoms with Crippen molar-refractivity contribution in [2.45, 2.75) is 26.2 Å². The van der Waals surface area contributed by atoms with E-state index in [0.29, 0.717) is 17.3 Å². The van der Waals surface area contributed by atoms with Crippen LogP contribution in [-0.4, -0.2) is 34.0 Å². The van der Waals surface area contributed by atoms with Crippen LogP contribution in [0, 0.1) is 16.0 Å². The number of aromatic nitrogens is 1. The molecule has 0 spiro atoms. The number of rotatable bonds is 5. The molecule has 0 radical (unpaired) electrons. The Labute approximate surface area is 122 Å². The molecule has 0 amide bonds. The van der Waals surface area contributed by atoms with Crippen LogP contribution in [0.1, 0.15) is 31.7 Å². The Kier molecular flexibility index (Phi) is 4.56. The highest BCUT2D eigenvalue weighted by molar-refractivity contribution is 6.02. The molecule has 3 N–H and O–H groups in total. The highest BCUT2D eigenvalue weighted by Gasteiger charge is 2.26. The first-order chi connectivity index (χ1) is 10.1. The van der Waals surface area contributed by atoms with Crippen LogP contribution in [0.25, 0.3) is 0 Å². The monoisotopic (exact) mass is 293 g/mol. The van der Waals surface area contributed by atoms with Crippen LogP contribution < -0.4 is 10.6 Å². The molecular formula is C13H19N5O3. The minimum atomic E-state index is -0.547. The van der Waals surface area contributed by atoms with E-state index in [-0.39, 0.29) is 11.5 Å². The van der Waals surface area contributed by atoms with Gasteiger partial charge in [0.25, 0.3) is 5.69 Å². The fourth-order valence-electron chi connectivity index (χ4n) is 2.71. The molecule has 8 nitrogen and oxygen atoms in total. The van der Waals surface area contributed by atoms with Gasteiger partial charge in [-0.1, -0.05) is 18.5 Å². The zero-order valence-electron chi connectivity index (χ0n) is 11.9. The van der Waals surface area contributed by atoms with Gasteiger partial charge in [0.15, 0.2) is 5.84 Å². The molecule has 0 saturated carbocycles. The van der Waals surface area contributed by atoms with Gasteiger partial charge < -0.3 is 15.8 Å². The number of oxime groups is 1. The van der Waals surface area contributed by atoms with Crippen molar-refractivity contribution in [3.63, 3.8) is 0 Å². The largest absolute Gasteiger partial charge is 0.409 e. The number of amidine groups is 1. The van der Waals surface area contributed by atoms with E-state index < -0.39 is 4.92 Å². The van der Waals surface area contributed by atoms with E-state index in [0.717, 1.165) is 32.4 Å². The number of nitrogens with zero attached hydrogens (tertiary/aromatic N) is 4. The summed E-state index contributed by atoms with van der Waals surface area (Å²) in [5, 5.41) is 22.7. The molecule has 1 aromatic heterocycles. The van der Waals surface area contributed by atoms with Crippen LogP contribution >= 0.6 is 0 Å². The zero-order chi connectivity index (χ0) is 15.4. The maximum atomic E-state index is 10.8. The van der Waals surface area contributed by atoms with Crippen molar-refractivity contribution < 1.29 is 10.1 Å². The van der Waals surface area contributed by atoms with Gasteiger partial charge in [0.05, 0.1) is 10.5 Å². The van der Waals surface area contributed by atoms with Crippen LogP contribution in [0.2, 0.25) is 0 Å². The second-order valence-electron chi connectivity index (χ2n) is 5.20. The summed E-state index contributed by atoms with van der Waals surface area (Å²) in [6.45, 7) is 3.81. The molecule has 114 valence electrons. The molecule has 1 saturated heterocycles. The van der Waals surface area contributed by atoms with Gasteiger partial charge in [-0.3, -0.25) is 10.1 Å². The average Bonchev–Trinajstić information content (AvgIpc) is 2.94. The highest BCUT2D eigenvalue weighted by Crippen LogP contribution is 2.29. The summed E-state index contributed by atoms with van der Waals surface area (Å²) >= 11 is 0. The lowest BCUT2D eigenvalue weighted by Gasteiger charge is -2.20. The van der Waals surface area contributed by atoms with Crippen molar-refractivity contribution in [1.82, 2.24) is 4.98 Å². The van der Waals surface area contributed by atoms with Gasteiger partial charge in [0, 0.05) is 19.2 Å². The number of anilines is 1. The van der Waals surface area contributed by atoms with Crippen LogP contribution in [0.3, 0.4) is 0 Å². The van der Waals surface area contributed by atoms with Crippen molar-refractivity contribution in [3.05, 3.63) is 27.9 Å². The Bertz CT molecular complexity index is 561. The number of hydrogen-bond acceptors (Lipinski definition) is 6. The molecule has 1 unspecified atom stereocenters. The average molecular weight is 293 g/mol. The molecule has 0 aromatic carbocycles. The van der Waals surface area contributed by atoms with Gasteiger partial charge in [-0.2, -0.15) is 0 Å². The van der Waals surface area contributed by atoms with Gasteiger partial charge in [-0.15, -0.1) is 0 Å². The van der Waals surface area contributed by atoms with Gasteiger partial charge >= 0.3 is 0 Å². The number of pyridine rings is 1. The van der Waals surface area contributed by atoms with Crippen LogP contribution in [-0.2, 0) is 0 Å². The smallest absolute Gasteiger partial charge is 0.288 e. The summed E-state index contributed by atoms with van der Waals surface area (Å²) in [5.41, 5.74) is 5.75. The molecule has 0 aliphatic carbocycles. The molecule has 0 bridgehead atoms. The summed E-state index contributed by atoms with van der Waals surface area (Å²) < 4.78 is 0. The molecule has 1 fully saturated rings. The van der Waals surface area contributed by atoms with Crippen LogP contribution in [0.5, 0.6) is 0 Å². The quantitative estimate of drug-likeness (QED) is 0.280. The number of nitrogens with two attached hydrogens (primary N) is 1. The van der Waals surface area contributed by atoms with E-state index in [1.54, 1.807) is 0 Å². The highest BCUT2D eigenvalue weighted by atomic mass is 16.6. The third-order valence-corrected chi connectivity index (χ3v) is 3.73. The minimum absolute atomic E-state index is 0.167. The second-order valence-corrected chi connectivity index (χ2v) is 5.20. The molecule has 1 aliphatic heterocycles. The van der Waals surface area contributed by atoms with E-state index in [4.69, 9.17) is 10.9 Å². The molecule has 2 rings (SSSR count).